The van der Waals surface area contributed by atoms with Gasteiger partial charge in [0.1, 0.15) is 4.99 Å². The van der Waals surface area contributed by atoms with E-state index in [9.17, 15) is 0 Å². The lowest BCUT2D eigenvalue weighted by Gasteiger charge is -2.10. The second kappa shape index (κ2) is 3.46. The maximum absolute atomic E-state index is 5.29. The number of hydrogen-bond donors (Lipinski definition) is 1. The second-order valence-corrected chi connectivity index (χ2v) is 3.94. The van der Waals surface area contributed by atoms with E-state index in [4.69, 9.17) is 12.2 Å². The first-order valence-electron chi connectivity index (χ1n) is 4.66. The van der Waals surface area contributed by atoms with Gasteiger partial charge in [-0.3, -0.25) is 0 Å². The van der Waals surface area contributed by atoms with Crippen LogP contribution in [0.25, 0.3) is 0 Å². The van der Waals surface area contributed by atoms with Crippen molar-refractivity contribution in [3.63, 3.8) is 0 Å². The van der Waals surface area contributed by atoms with Crippen molar-refractivity contribution in [3.05, 3.63) is 35.4 Å². The third kappa shape index (κ3) is 1.59. The predicted octanol–water partition coefficient (Wildman–Crippen LogP) is 2.46. The topological polar surface area (TPSA) is 12.0 Å². The monoisotopic (exact) mass is 191 g/mol. The molecule has 0 radical (unpaired) electrons. The summed E-state index contributed by atoms with van der Waals surface area (Å²) in [6.45, 7) is 3.25. The smallest absolute Gasteiger partial charge is 0.106 e. The van der Waals surface area contributed by atoms with Crippen molar-refractivity contribution in [1.29, 1.82) is 0 Å². The average molecular weight is 191 g/mol. The standard InChI is InChI=1S/C11H13NS/c1-8-6-7-12-11(13)10-5-3-2-4-9(8)10/h2-5,8H,6-7H2,1H3,(H,12,13)/t8-/m0/s1. The summed E-state index contributed by atoms with van der Waals surface area (Å²) in [5.41, 5.74) is 2.60. The van der Waals surface area contributed by atoms with Crippen LogP contribution in [0.3, 0.4) is 0 Å². The van der Waals surface area contributed by atoms with Gasteiger partial charge in [0.15, 0.2) is 0 Å². The SMILES string of the molecule is C[C@H]1CCNC(=S)c2ccccc21. The largest absolute Gasteiger partial charge is 0.376 e. The van der Waals surface area contributed by atoms with Gasteiger partial charge >= 0.3 is 0 Å². The summed E-state index contributed by atoms with van der Waals surface area (Å²) in [7, 11) is 0. The van der Waals surface area contributed by atoms with E-state index in [2.05, 4.69) is 30.4 Å². The molecule has 1 nitrogen and oxygen atoms in total. The molecule has 0 amide bonds. The highest BCUT2D eigenvalue weighted by Crippen LogP contribution is 2.24. The molecule has 13 heavy (non-hydrogen) atoms. The Kier molecular flexibility index (Phi) is 2.32. The number of nitrogens with one attached hydrogen (secondary N) is 1. The highest BCUT2D eigenvalue weighted by atomic mass is 32.1. The number of benzene rings is 1. The van der Waals surface area contributed by atoms with Gasteiger partial charge in [0.25, 0.3) is 0 Å². The van der Waals surface area contributed by atoms with Gasteiger partial charge in [0.2, 0.25) is 0 Å². The third-order valence-corrected chi connectivity index (χ3v) is 2.96. The van der Waals surface area contributed by atoms with Crippen molar-refractivity contribution in [2.75, 3.05) is 6.54 Å². The average Bonchev–Trinajstić information content (AvgIpc) is 2.29. The van der Waals surface area contributed by atoms with Gasteiger partial charge in [-0.25, -0.2) is 0 Å². The molecule has 1 aromatic rings. The molecule has 0 spiro atoms. The first-order chi connectivity index (χ1) is 6.29. The predicted molar refractivity (Wildman–Crippen MR) is 59.2 cm³/mol. The van der Waals surface area contributed by atoms with Gasteiger partial charge in [-0.15, -0.1) is 0 Å². The summed E-state index contributed by atoms with van der Waals surface area (Å²) in [6.07, 6.45) is 1.16. The molecule has 1 heterocycles. The van der Waals surface area contributed by atoms with Gasteiger partial charge in [-0.05, 0) is 17.9 Å². The number of thiocarbonyl (C=S) groups is 1. The Balaban J connectivity index is 2.51. The van der Waals surface area contributed by atoms with Crippen LogP contribution in [0, 0.1) is 0 Å². The molecular weight excluding hydrogens is 178 g/mol. The lowest BCUT2D eigenvalue weighted by atomic mass is 9.95. The minimum Gasteiger partial charge on any atom is -0.376 e. The van der Waals surface area contributed by atoms with Crippen LogP contribution in [0.5, 0.6) is 0 Å². The van der Waals surface area contributed by atoms with Crippen molar-refractivity contribution in [2.24, 2.45) is 0 Å². The Hall–Kier alpha value is -0.890. The van der Waals surface area contributed by atoms with Crippen molar-refractivity contribution in [2.45, 2.75) is 19.3 Å². The minimum atomic E-state index is 0.615. The van der Waals surface area contributed by atoms with Gasteiger partial charge in [-0.2, -0.15) is 0 Å². The molecule has 1 aliphatic heterocycles. The van der Waals surface area contributed by atoms with Crippen molar-refractivity contribution < 1.29 is 0 Å². The van der Waals surface area contributed by atoms with E-state index in [1.54, 1.807) is 0 Å². The minimum absolute atomic E-state index is 0.615. The zero-order chi connectivity index (χ0) is 9.26. The van der Waals surface area contributed by atoms with Crippen LogP contribution >= 0.6 is 12.2 Å². The van der Waals surface area contributed by atoms with Gasteiger partial charge in [-0.1, -0.05) is 43.4 Å². The highest BCUT2D eigenvalue weighted by Gasteiger charge is 2.16. The Morgan fingerprint density at radius 1 is 1.38 bits per heavy atom. The maximum Gasteiger partial charge on any atom is 0.106 e. The summed E-state index contributed by atoms with van der Waals surface area (Å²) in [5.74, 6) is 0.615. The van der Waals surface area contributed by atoms with Gasteiger partial charge < -0.3 is 5.32 Å². The first-order valence-corrected chi connectivity index (χ1v) is 5.07. The Morgan fingerprint density at radius 3 is 3.00 bits per heavy atom. The number of hydrogen-bond acceptors (Lipinski definition) is 1. The molecule has 0 bridgehead atoms. The van der Waals surface area contributed by atoms with Crippen LogP contribution in [0.2, 0.25) is 0 Å². The maximum atomic E-state index is 5.29. The first kappa shape index (κ1) is 8.70. The van der Waals surface area contributed by atoms with E-state index in [1.165, 1.54) is 11.1 Å². The molecule has 0 fully saturated rings. The Morgan fingerprint density at radius 2 is 2.15 bits per heavy atom. The summed E-state index contributed by atoms with van der Waals surface area (Å²) < 4.78 is 0. The summed E-state index contributed by atoms with van der Waals surface area (Å²) in [4.78, 5) is 0.903. The molecule has 0 aliphatic carbocycles. The fourth-order valence-corrected chi connectivity index (χ4v) is 2.07. The summed E-state index contributed by atoms with van der Waals surface area (Å²) in [5, 5.41) is 3.26. The molecule has 0 unspecified atom stereocenters. The Bertz CT molecular complexity index is 333. The van der Waals surface area contributed by atoms with E-state index < -0.39 is 0 Å². The van der Waals surface area contributed by atoms with E-state index in [0.29, 0.717) is 5.92 Å². The molecule has 1 aliphatic rings. The quantitative estimate of drug-likeness (QED) is 0.632. The third-order valence-electron chi connectivity index (χ3n) is 2.60. The second-order valence-electron chi connectivity index (χ2n) is 3.53. The summed E-state index contributed by atoms with van der Waals surface area (Å²) in [6, 6.07) is 8.42. The molecule has 1 atom stereocenters. The fourth-order valence-electron chi connectivity index (χ4n) is 1.79. The molecule has 0 saturated heterocycles. The molecule has 1 aromatic carbocycles. The molecule has 0 saturated carbocycles. The van der Waals surface area contributed by atoms with Gasteiger partial charge in [0.05, 0.1) is 0 Å². The molecular formula is C11H13NS. The molecule has 68 valence electrons. The van der Waals surface area contributed by atoms with Crippen LogP contribution in [0.4, 0.5) is 0 Å². The van der Waals surface area contributed by atoms with E-state index >= 15 is 0 Å². The molecule has 2 rings (SSSR count). The van der Waals surface area contributed by atoms with Crippen LogP contribution in [-0.4, -0.2) is 11.5 Å². The number of fused-ring (bicyclic) bond motifs is 1. The van der Waals surface area contributed by atoms with Crippen molar-refractivity contribution in [1.82, 2.24) is 5.32 Å². The van der Waals surface area contributed by atoms with Crippen LogP contribution in [-0.2, 0) is 0 Å². The molecule has 0 aromatic heterocycles. The van der Waals surface area contributed by atoms with Crippen LogP contribution in [0.1, 0.15) is 30.4 Å². The van der Waals surface area contributed by atoms with E-state index in [0.717, 1.165) is 18.0 Å². The molecule has 1 N–H and O–H groups in total. The Labute approximate surface area is 84.2 Å². The number of rotatable bonds is 0. The van der Waals surface area contributed by atoms with Crippen LogP contribution in [0.15, 0.2) is 24.3 Å². The fraction of sp³-hybridized carbons (Fsp3) is 0.364. The lowest BCUT2D eigenvalue weighted by Crippen LogP contribution is -2.21. The highest BCUT2D eigenvalue weighted by molar-refractivity contribution is 7.80. The van der Waals surface area contributed by atoms with Gasteiger partial charge in [0, 0.05) is 12.1 Å². The van der Waals surface area contributed by atoms with Crippen molar-refractivity contribution in [3.8, 4) is 0 Å². The normalized spacial score (nSPS) is 21.6. The van der Waals surface area contributed by atoms with Crippen LogP contribution < -0.4 is 5.32 Å². The zero-order valence-electron chi connectivity index (χ0n) is 7.71. The van der Waals surface area contributed by atoms with Crippen molar-refractivity contribution >= 4 is 17.2 Å². The molecule has 2 heteroatoms. The zero-order valence-corrected chi connectivity index (χ0v) is 8.53. The summed E-state index contributed by atoms with van der Waals surface area (Å²) >= 11 is 5.29. The van der Waals surface area contributed by atoms with E-state index in [1.807, 2.05) is 6.07 Å². The van der Waals surface area contributed by atoms with E-state index in [-0.39, 0.29) is 0 Å². The lowest BCUT2D eigenvalue weighted by molar-refractivity contribution is 0.676.